The van der Waals surface area contributed by atoms with Crippen molar-refractivity contribution in [2.24, 2.45) is 0 Å². The molecule has 1 aromatic heterocycles. The van der Waals surface area contributed by atoms with Crippen molar-refractivity contribution in [2.75, 3.05) is 0 Å². The van der Waals surface area contributed by atoms with Gasteiger partial charge < -0.3 is 0 Å². The van der Waals surface area contributed by atoms with Crippen LogP contribution in [-0.4, -0.2) is 16.0 Å². The maximum Gasteiger partial charge on any atom is 0.426 e. The lowest BCUT2D eigenvalue weighted by molar-refractivity contribution is -0.137. The van der Waals surface area contributed by atoms with Gasteiger partial charge in [-0.1, -0.05) is 34.8 Å². The van der Waals surface area contributed by atoms with Gasteiger partial charge in [0, 0.05) is 11.8 Å². The van der Waals surface area contributed by atoms with Crippen molar-refractivity contribution in [1.82, 2.24) is 9.78 Å². The Kier molecular flexibility index (Phi) is 5.52. The molecule has 3 nitrogen and oxygen atoms in total. The summed E-state index contributed by atoms with van der Waals surface area (Å²) in [5.41, 5.74) is -2.13. The third kappa shape index (κ3) is 4.26. The Morgan fingerprint density at radius 2 is 1.65 bits per heavy atom. The molecule has 0 fully saturated rings. The molecule has 0 amide bonds. The fraction of sp³-hybridized carbons (Fsp3) is 0.143. The Morgan fingerprint density at radius 1 is 1.12 bits per heavy atom. The largest absolute Gasteiger partial charge is 0.426 e. The molecule has 12 heteroatoms. The third-order valence-corrected chi connectivity index (χ3v) is 3.87. The molecule has 2 aromatic rings. The van der Waals surface area contributed by atoms with Crippen molar-refractivity contribution in [3.05, 3.63) is 50.2 Å². The van der Waals surface area contributed by atoms with Gasteiger partial charge >= 0.3 is 12.4 Å². The predicted octanol–water partition coefficient (Wildman–Crippen LogP) is 6.21. The first-order valence-electron chi connectivity index (χ1n) is 6.35. The van der Waals surface area contributed by atoms with Gasteiger partial charge in [0.25, 0.3) is 0 Å². The molecule has 1 aromatic carbocycles. The number of nitriles is 1. The van der Waals surface area contributed by atoms with Crippen LogP contribution >= 0.6 is 34.8 Å². The third-order valence-electron chi connectivity index (χ3n) is 2.97. The van der Waals surface area contributed by atoms with Crippen molar-refractivity contribution in [3.63, 3.8) is 0 Å². The Labute approximate surface area is 157 Å². The summed E-state index contributed by atoms with van der Waals surface area (Å²) >= 11 is 16.7. The minimum Gasteiger partial charge on any atom is -0.236 e. The van der Waals surface area contributed by atoms with E-state index in [-0.39, 0.29) is 11.3 Å². The molecule has 0 saturated heterocycles. The number of aromatic nitrogens is 2. The van der Waals surface area contributed by atoms with Crippen molar-refractivity contribution in [2.45, 2.75) is 12.4 Å². The summed E-state index contributed by atoms with van der Waals surface area (Å²) in [6.07, 6.45) is -8.16. The molecule has 0 spiro atoms. The van der Waals surface area contributed by atoms with E-state index in [4.69, 9.17) is 40.1 Å². The van der Waals surface area contributed by atoms with Crippen molar-refractivity contribution < 1.29 is 26.3 Å². The van der Waals surface area contributed by atoms with E-state index in [1.165, 1.54) is 0 Å². The Hall–Kier alpha value is -1.89. The van der Waals surface area contributed by atoms with E-state index in [1.54, 1.807) is 6.07 Å². The second-order valence-corrected chi connectivity index (χ2v) is 5.99. The van der Waals surface area contributed by atoms with Crippen LogP contribution in [0.5, 0.6) is 0 Å². The molecular weight excluding hydrogens is 431 g/mol. The second kappa shape index (κ2) is 7.02. The van der Waals surface area contributed by atoms with Crippen LogP contribution in [0.4, 0.5) is 26.3 Å². The van der Waals surface area contributed by atoms with Crippen LogP contribution in [0, 0.1) is 11.3 Å². The molecule has 0 bridgehead atoms. The van der Waals surface area contributed by atoms with Crippen LogP contribution in [0.1, 0.15) is 16.8 Å². The van der Waals surface area contributed by atoms with Crippen LogP contribution < -0.4 is 0 Å². The highest BCUT2D eigenvalue weighted by Gasteiger charge is 2.34. The Balaban J connectivity index is 2.60. The van der Waals surface area contributed by atoms with Gasteiger partial charge in [0.05, 0.1) is 15.6 Å². The number of benzene rings is 1. The zero-order valence-electron chi connectivity index (χ0n) is 12.1. The topological polar surface area (TPSA) is 41.6 Å². The summed E-state index contributed by atoms with van der Waals surface area (Å²) in [7, 11) is 0. The molecule has 0 aliphatic rings. The lowest BCUT2D eigenvalue weighted by atomic mass is 10.2. The minimum atomic E-state index is -4.85. The van der Waals surface area contributed by atoms with Gasteiger partial charge in [0.2, 0.25) is 0 Å². The summed E-state index contributed by atoms with van der Waals surface area (Å²) in [6.45, 7) is 0. The van der Waals surface area contributed by atoms with Crippen molar-refractivity contribution in [1.29, 1.82) is 5.26 Å². The van der Waals surface area contributed by atoms with Gasteiger partial charge in [0.1, 0.15) is 16.8 Å². The van der Waals surface area contributed by atoms with Gasteiger partial charge in [-0.2, -0.15) is 36.7 Å². The number of nitrogens with zero attached hydrogens (tertiary/aromatic N) is 3. The summed E-state index contributed by atoms with van der Waals surface area (Å²) in [4.78, 5) is 0. The number of halogens is 9. The van der Waals surface area contributed by atoms with Gasteiger partial charge in [-0.25, -0.2) is 4.68 Å². The first-order chi connectivity index (χ1) is 11.8. The highest BCUT2D eigenvalue weighted by molar-refractivity contribution is 6.37. The molecule has 0 N–H and O–H groups in total. The molecule has 0 unspecified atom stereocenters. The number of allylic oxidation sites excluding steroid dienone is 1. The van der Waals surface area contributed by atoms with Crippen LogP contribution in [0.3, 0.4) is 0 Å². The monoisotopic (exact) mass is 433 g/mol. The van der Waals surface area contributed by atoms with Crippen molar-refractivity contribution >= 4 is 40.9 Å². The lowest BCUT2D eigenvalue weighted by Gasteiger charge is -2.12. The van der Waals surface area contributed by atoms with E-state index in [9.17, 15) is 26.3 Å². The number of hydrogen-bond donors (Lipinski definition) is 0. The number of alkyl halides is 6. The Bertz CT molecular complexity index is 898. The predicted molar refractivity (Wildman–Crippen MR) is 83.2 cm³/mol. The molecule has 0 aliphatic heterocycles. The van der Waals surface area contributed by atoms with Gasteiger partial charge in [-0.15, -0.1) is 0 Å². The summed E-state index contributed by atoms with van der Waals surface area (Å²) < 4.78 is 76.6. The average molecular weight is 435 g/mol. The van der Waals surface area contributed by atoms with E-state index in [0.717, 1.165) is 10.9 Å². The highest BCUT2D eigenvalue weighted by Crippen LogP contribution is 2.38. The van der Waals surface area contributed by atoms with E-state index in [1.807, 2.05) is 0 Å². The van der Waals surface area contributed by atoms with Crippen LogP contribution in [-0.2, 0) is 6.18 Å². The van der Waals surface area contributed by atoms with Crippen molar-refractivity contribution in [3.8, 4) is 11.8 Å². The molecular formula is C14H4Cl3F6N3. The number of hydrogen-bond acceptors (Lipinski definition) is 2. The Morgan fingerprint density at radius 3 is 2.08 bits per heavy atom. The van der Waals surface area contributed by atoms with Crippen LogP contribution in [0.2, 0.25) is 10.0 Å². The minimum absolute atomic E-state index is 0.236. The summed E-state index contributed by atoms with van der Waals surface area (Å²) in [6, 6.07) is 2.70. The molecule has 0 saturated carbocycles. The fourth-order valence-corrected chi connectivity index (χ4v) is 2.64. The van der Waals surface area contributed by atoms with E-state index in [0.29, 0.717) is 18.2 Å². The van der Waals surface area contributed by atoms with Crippen LogP contribution in [0.15, 0.2) is 23.4 Å². The number of rotatable bonds is 2. The van der Waals surface area contributed by atoms with Gasteiger partial charge in [-0.3, -0.25) is 0 Å². The zero-order chi connectivity index (χ0) is 19.9. The highest BCUT2D eigenvalue weighted by atomic mass is 35.5. The smallest absolute Gasteiger partial charge is 0.236 e. The normalized spacial score (nSPS) is 13.0. The second-order valence-electron chi connectivity index (χ2n) is 4.77. The molecule has 26 heavy (non-hydrogen) atoms. The van der Waals surface area contributed by atoms with Gasteiger partial charge in [-0.05, 0) is 18.2 Å². The average Bonchev–Trinajstić information content (AvgIpc) is 2.87. The summed E-state index contributed by atoms with van der Waals surface area (Å²) in [5.74, 6) is 0. The summed E-state index contributed by atoms with van der Waals surface area (Å²) in [5, 5.41) is 10.2. The van der Waals surface area contributed by atoms with Gasteiger partial charge in [0.15, 0.2) is 5.69 Å². The molecule has 0 atom stereocenters. The SMILES string of the molecule is N#Cc1nn(-c2c(Cl)cc(C(F)(F)F)cc2Cl)cc1/C=C(/Cl)C(F)(F)F. The molecule has 1 heterocycles. The molecule has 0 aliphatic carbocycles. The maximum atomic E-state index is 12.7. The van der Waals surface area contributed by atoms with E-state index >= 15 is 0 Å². The van der Waals surface area contributed by atoms with Crippen LogP contribution in [0.25, 0.3) is 11.8 Å². The molecule has 138 valence electrons. The zero-order valence-corrected chi connectivity index (χ0v) is 14.3. The fourth-order valence-electron chi connectivity index (χ4n) is 1.86. The quantitative estimate of drug-likeness (QED) is 0.527. The first kappa shape index (κ1) is 20.4. The molecule has 2 rings (SSSR count). The first-order valence-corrected chi connectivity index (χ1v) is 7.48. The van der Waals surface area contributed by atoms with E-state index < -0.39 is 38.7 Å². The lowest BCUT2D eigenvalue weighted by Crippen LogP contribution is -2.07. The molecule has 0 radical (unpaired) electrons. The maximum absolute atomic E-state index is 12.7. The van der Waals surface area contributed by atoms with E-state index in [2.05, 4.69) is 5.10 Å². The standard InChI is InChI=1S/C14H4Cl3F6N3/c15-8-2-7(13(18,19)20)3-9(16)12(8)26-5-6(10(4-24)25-26)1-11(17)14(21,22)23/h1-3,5H/b11-1+.